The summed E-state index contributed by atoms with van der Waals surface area (Å²) in [5, 5.41) is 32.1. The molecule has 0 unspecified atom stereocenters. The summed E-state index contributed by atoms with van der Waals surface area (Å²) in [7, 11) is 0. The highest BCUT2D eigenvalue weighted by atomic mass is 16.3. The zero-order valence-corrected chi connectivity index (χ0v) is 17.1. The highest BCUT2D eigenvalue weighted by Crippen LogP contribution is 2.68. The van der Waals surface area contributed by atoms with Gasteiger partial charge in [0.2, 0.25) is 0 Å². The second-order valence-electron chi connectivity index (χ2n) is 11.2. The number of aliphatic hydroxyl groups is 3. The minimum atomic E-state index is -0.825. The van der Waals surface area contributed by atoms with Crippen molar-refractivity contribution in [2.75, 3.05) is 0 Å². The van der Waals surface area contributed by atoms with Crippen molar-refractivity contribution in [1.29, 1.82) is 0 Å². The lowest BCUT2D eigenvalue weighted by molar-refractivity contribution is -0.150. The standard InChI is InChI=1S/C23H38O3/c1-20(2,25)14-23(26)12-9-19-17-6-5-15-13-16(24)7-10-21(15,3)18(17)8-11-22(19,23)4/h5,16-19,24-26H,6-14H2,1-4H3/t16-,17+,18-,19-,21+,22+,23-/m1/s1. The van der Waals surface area contributed by atoms with Gasteiger partial charge in [-0.25, -0.2) is 0 Å². The number of rotatable bonds is 2. The Morgan fingerprint density at radius 3 is 2.46 bits per heavy atom. The molecule has 4 aliphatic carbocycles. The van der Waals surface area contributed by atoms with Crippen LogP contribution < -0.4 is 0 Å². The van der Waals surface area contributed by atoms with Crippen molar-refractivity contribution >= 4 is 0 Å². The fourth-order valence-electron chi connectivity index (χ4n) is 7.76. The van der Waals surface area contributed by atoms with Gasteiger partial charge >= 0.3 is 0 Å². The molecule has 0 aromatic rings. The second kappa shape index (κ2) is 5.81. The van der Waals surface area contributed by atoms with Gasteiger partial charge in [0.1, 0.15) is 0 Å². The van der Waals surface area contributed by atoms with Crippen LogP contribution in [0.2, 0.25) is 0 Å². The fourth-order valence-corrected chi connectivity index (χ4v) is 7.76. The molecule has 0 saturated heterocycles. The number of aliphatic hydroxyl groups excluding tert-OH is 1. The third-order valence-electron chi connectivity index (χ3n) is 9.12. The van der Waals surface area contributed by atoms with Crippen LogP contribution >= 0.6 is 0 Å². The van der Waals surface area contributed by atoms with E-state index in [-0.39, 0.29) is 16.9 Å². The van der Waals surface area contributed by atoms with Crippen molar-refractivity contribution < 1.29 is 15.3 Å². The minimum Gasteiger partial charge on any atom is -0.393 e. The van der Waals surface area contributed by atoms with E-state index in [9.17, 15) is 15.3 Å². The summed E-state index contributed by atoms with van der Waals surface area (Å²) in [4.78, 5) is 0. The molecule has 0 heterocycles. The second-order valence-corrected chi connectivity index (χ2v) is 11.2. The molecule has 0 bridgehead atoms. The van der Waals surface area contributed by atoms with Gasteiger partial charge in [0.05, 0.1) is 17.3 Å². The van der Waals surface area contributed by atoms with Gasteiger partial charge < -0.3 is 15.3 Å². The first-order valence-electron chi connectivity index (χ1n) is 10.8. The van der Waals surface area contributed by atoms with E-state index in [1.807, 2.05) is 13.8 Å². The lowest BCUT2D eigenvalue weighted by atomic mass is 9.46. The molecule has 148 valence electrons. The predicted molar refractivity (Wildman–Crippen MR) is 104 cm³/mol. The van der Waals surface area contributed by atoms with Crippen LogP contribution in [-0.4, -0.2) is 32.6 Å². The first kappa shape index (κ1) is 19.0. The van der Waals surface area contributed by atoms with Crippen LogP contribution in [0, 0.1) is 28.6 Å². The minimum absolute atomic E-state index is 0.0793. The van der Waals surface area contributed by atoms with Crippen LogP contribution in [0.15, 0.2) is 11.6 Å². The van der Waals surface area contributed by atoms with E-state index in [4.69, 9.17) is 0 Å². The molecule has 3 saturated carbocycles. The summed E-state index contributed by atoms with van der Waals surface area (Å²) >= 11 is 0. The molecule has 7 atom stereocenters. The molecule has 3 heteroatoms. The molecule has 0 radical (unpaired) electrons. The Bertz CT molecular complexity index is 605. The molecule has 3 fully saturated rings. The van der Waals surface area contributed by atoms with E-state index in [1.165, 1.54) is 12.0 Å². The maximum absolute atomic E-state index is 11.6. The van der Waals surface area contributed by atoms with Crippen molar-refractivity contribution in [1.82, 2.24) is 0 Å². The quantitative estimate of drug-likeness (QED) is 0.645. The molecule has 0 aromatic heterocycles. The van der Waals surface area contributed by atoms with Gasteiger partial charge in [-0.3, -0.25) is 0 Å². The van der Waals surface area contributed by atoms with Gasteiger partial charge in [-0.15, -0.1) is 0 Å². The van der Waals surface area contributed by atoms with Crippen molar-refractivity contribution in [3.8, 4) is 0 Å². The Labute approximate surface area is 158 Å². The summed E-state index contributed by atoms with van der Waals surface area (Å²) in [6.07, 6.45) is 11.0. The van der Waals surface area contributed by atoms with Crippen LogP contribution in [0.5, 0.6) is 0 Å². The molecular weight excluding hydrogens is 324 g/mol. The molecule has 0 aromatic carbocycles. The number of hydrogen-bond donors (Lipinski definition) is 3. The van der Waals surface area contributed by atoms with E-state index in [2.05, 4.69) is 19.9 Å². The maximum Gasteiger partial charge on any atom is 0.0731 e. The molecular formula is C23H38O3. The van der Waals surface area contributed by atoms with Gasteiger partial charge in [0.15, 0.2) is 0 Å². The number of fused-ring (bicyclic) bond motifs is 5. The topological polar surface area (TPSA) is 60.7 Å². The largest absolute Gasteiger partial charge is 0.393 e. The Balaban J connectivity index is 1.64. The molecule has 26 heavy (non-hydrogen) atoms. The maximum atomic E-state index is 11.6. The smallest absolute Gasteiger partial charge is 0.0731 e. The van der Waals surface area contributed by atoms with E-state index < -0.39 is 11.2 Å². The van der Waals surface area contributed by atoms with Crippen LogP contribution in [0.4, 0.5) is 0 Å². The van der Waals surface area contributed by atoms with Gasteiger partial charge in [-0.2, -0.15) is 0 Å². The Kier molecular flexibility index (Phi) is 4.24. The SMILES string of the molecule is CC(C)(O)C[C@]1(O)CC[C@@H]2[C@H]3CC=C4C[C@H](O)CC[C@]4(C)[C@@H]3CC[C@@]21C. The summed E-state index contributed by atoms with van der Waals surface area (Å²) in [6.45, 7) is 8.41. The predicted octanol–water partition coefficient (Wildman–Crippen LogP) is 4.20. The molecule has 3 N–H and O–H groups in total. The van der Waals surface area contributed by atoms with E-state index >= 15 is 0 Å². The van der Waals surface area contributed by atoms with E-state index in [0.29, 0.717) is 24.2 Å². The average Bonchev–Trinajstić information content (AvgIpc) is 2.77. The van der Waals surface area contributed by atoms with Crippen molar-refractivity contribution in [2.45, 2.75) is 103 Å². The van der Waals surface area contributed by atoms with Crippen LogP contribution in [-0.2, 0) is 0 Å². The monoisotopic (exact) mass is 362 g/mol. The van der Waals surface area contributed by atoms with Gasteiger partial charge in [0.25, 0.3) is 0 Å². The first-order valence-corrected chi connectivity index (χ1v) is 10.8. The highest BCUT2D eigenvalue weighted by Gasteiger charge is 2.64. The van der Waals surface area contributed by atoms with Crippen LogP contribution in [0.25, 0.3) is 0 Å². The Hall–Kier alpha value is -0.380. The molecule has 4 aliphatic rings. The van der Waals surface area contributed by atoms with E-state index in [1.54, 1.807) is 0 Å². The molecule has 0 aliphatic heterocycles. The normalized spacial score (nSPS) is 51.3. The molecule has 4 rings (SSSR count). The molecule has 3 nitrogen and oxygen atoms in total. The van der Waals surface area contributed by atoms with Gasteiger partial charge in [-0.05, 0) is 93.8 Å². The first-order chi connectivity index (χ1) is 12.0. The number of hydrogen-bond acceptors (Lipinski definition) is 3. The highest BCUT2D eigenvalue weighted by molar-refractivity contribution is 5.26. The summed E-state index contributed by atoms with van der Waals surface area (Å²) in [5.41, 5.74) is 0.110. The zero-order chi connectivity index (χ0) is 19.0. The van der Waals surface area contributed by atoms with Gasteiger partial charge in [0, 0.05) is 6.42 Å². The van der Waals surface area contributed by atoms with E-state index in [0.717, 1.165) is 44.9 Å². The summed E-state index contributed by atoms with van der Waals surface area (Å²) < 4.78 is 0. The van der Waals surface area contributed by atoms with Crippen LogP contribution in [0.3, 0.4) is 0 Å². The van der Waals surface area contributed by atoms with Crippen molar-refractivity contribution in [3.05, 3.63) is 11.6 Å². The summed E-state index contributed by atoms with van der Waals surface area (Å²) in [6, 6.07) is 0. The summed E-state index contributed by atoms with van der Waals surface area (Å²) in [5.74, 6) is 1.89. The van der Waals surface area contributed by atoms with Crippen molar-refractivity contribution in [3.63, 3.8) is 0 Å². The lowest BCUT2D eigenvalue weighted by Gasteiger charge is -2.59. The lowest BCUT2D eigenvalue weighted by Crippen LogP contribution is -2.56. The molecule has 0 spiro atoms. The Morgan fingerprint density at radius 2 is 1.77 bits per heavy atom. The van der Waals surface area contributed by atoms with Crippen molar-refractivity contribution in [2.24, 2.45) is 28.6 Å². The molecule has 0 amide bonds. The third-order valence-corrected chi connectivity index (χ3v) is 9.12. The number of allylic oxidation sites excluding steroid dienone is 1. The fraction of sp³-hybridized carbons (Fsp3) is 0.913. The zero-order valence-electron chi connectivity index (χ0n) is 17.1. The Morgan fingerprint density at radius 1 is 1.08 bits per heavy atom. The van der Waals surface area contributed by atoms with Gasteiger partial charge in [-0.1, -0.05) is 25.5 Å². The average molecular weight is 363 g/mol. The third kappa shape index (κ3) is 2.64. The van der Waals surface area contributed by atoms with Crippen LogP contribution in [0.1, 0.15) is 85.5 Å².